The number of hydrogen-bond acceptors (Lipinski definition) is 1. The van der Waals surface area contributed by atoms with Crippen LogP contribution in [0.15, 0.2) is 0 Å². The van der Waals surface area contributed by atoms with Gasteiger partial charge in [0.15, 0.2) is 8.32 Å². The van der Waals surface area contributed by atoms with Crippen LogP contribution >= 0.6 is 0 Å². The van der Waals surface area contributed by atoms with E-state index < -0.39 is 16.4 Å². The lowest BCUT2D eigenvalue weighted by atomic mass is 10.9. The van der Waals surface area contributed by atoms with E-state index >= 15 is 0 Å². The summed E-state index contributed by atoms with van der Waals surface area (Å²) >= 11 is 0. The van der Waals surface area contributed by atoms with Crippen LogP contribution in [0.3, 0.4) is 0 Å². The third-order valence-corrected chi connectivity index (χ3v) is 7.96. The predicted molar refractivity (Wildman–Crippen MR) is 50.5 cm³/mol. The van der Waals surface area contributed by atoms with E-state index in [2.05, 4.69) is 26.2 Å². The second-order valence-electron chi connectivity index (χ2n) is 4.71. The van der Waals surface area contributed by atoms with Crippen LogP contribution in [0.5, 0.6) is 0 Å². The van der Waals surface area contributed by atoms with Crippen molar-refractivity contribution in [3.05, 3.63) is 0 Å². The molecule has 0 bridgehead atoms. The zero-order valence-corrected chi connectivity index (χ0v) is 9.53. The predicted octanol–water partition coefficient (Wildman–Crippen LogP) is 2.47. The van der Waals surface area contributed by atoms with Gasteiger partial charge >= 0.3 is 0 Å². The second kappa shape index (κ2) is 2.46. The van der Waals surface area contributed by atoms with Crippen molar-refractivity contribution in [1.29, 1.82) is 0 Å². The van der Waals surface area contributed by atoms with Gasteiger partial charge in [0.25, 0.3) is 0 Å². The van der Waals surface area contributed by atoms with Gasteiger partial charge in [-0.3, -0.25) is 0 Å². The highest BCUT2D eigenvalue weighted by Gasteiger charge is 2.35. The average molecular weight is 174 g/mol. The van der Waals surface area contributed by atoms with Crippen LogP contribution in [0.2, 0.25) is 38.3 Å². The SMILES string of the molecule is C[Si]1(C)CC[Si](C)(C)OC1. The van der Waals surface area contributed by atoms with Crippen molar-refractivity contribution in [2.45, 2.75) is 38.3 Å². The molecule has 0 aromatic heterocycles. The minimum Gasteiger partial charge on any atom is -0.421 e. The maximum absolute atomic E-state index is 5.88. The molecule has 0 amide bonds. The van der Waals surface area contributed by atoms with Crippen LogP contribution in [0.4, 0.5) is 0 Å². The Hall–Kier alpha value is 0.394. The first kappa shape index (κ1) is 8.49. The molecule has 1 rings (SSSR count). The molecule has 10 heavy (non-hydrogen) atoms. The summed E-state index contributed by atoms with van der Waals surface area (Å²) in [5, 5.41) is 0. The Morgan fingerprint density at radius 3 is 1.90 bits per heavy atom. The van der Waals surface area contributed by atoms with Crippen LogP contribution < -0.4 is 0 Å². The molecular weight excluding hydrogens is 156 g/mol. The molecular formula is C7H18OSi2. The van der Waals surface area contributed by atoms with Crippen molar-refractivity contribution in [1.82, 2.24) is 0 Å². The van der Waals surface area contributed by atoms with E-state index in [1.54, 1.807) is 0 Å². The smallest absolute Gasteiger partial charge is 0.185 e. The molecule has 3 heteroatoms. The first-order chi connectivity index (χ1) is 4.41. The van der Waals surface area contributed by atoms with E-state index in [1.807, 2.05) is 0 Å². The van der Waals surface area contributed by atoms with Crippen molar-refractivity contribution in [3.63, 3.8) is 0 Å². The van der Waals surface area contributed by atoms with E-state index in [0.29, 0.717) is 0 Å². The van der Waals surface area contributed by atoms with Gasteiger partial charge < -0.3 is 4.43 Å². The highest BCUT2D eigenvalue weighted by molar-refractivity contribution is 6.83. The molecule has 1 heterocycles. The van der Waals surface area contributed by atoms with Crippen LogP contribution in [-0.2, 0) is 4.43 Å². The van der Waals surface area contributed by atoms with Gasteiger partial charge in [0.05, 0.1) is 8.07 Å². The van der Waals surface area contributed by atoms with Gasteiger partial charge in [0.2, 0.25) is 0 Å². The molecule has 0 spiro atoms. The fourth-order valence-corrected chi connectivity index (χ4v) is 9.70. The molecule has 60 valence electrons. The third kappa shape index (κ3) is 2.21. The monoisotopic (exact) mass is 174 g/mol. The first-order valence-corrected chi connectivity index (χ1v) is 10.6. The Kier molecular flexibility index (Phi) is 2.09. The summed E-state index contributed by atoms with van der Waals surface area (Å²) in [7, 11) is -2.01. The Morgan fingerprint density at radius 1 is 1.00 bits per heavy atom. The van der Waals surface area contributed by atoms with Crippen LogP contribution in [-0.4, -0.2) is 22.6 Å². The van der Waals surface area contributed by atoms with Gasteiger partial charge in [-0.25, -0.2) is 0 Å². The minimum absolute atomic E-state index is 0.867. The molecule has 0 aromatic rings. The Morgan fingerprint density at radius 2 is 1.60 bits per heavy atom. The Labute approximate surface area is 65.9 Å². The van der Waals surface area contributed by atoms with Crippen molar-refractivity contribution >= 4 is 16.4 Å². The van der Waals surface area contributed by atoms with Crippen molar-refractivity contribution in [3.8, 4) is 0 Å². The minimum atomic E-state index is -1.14. The van der Waals surface area contributed by atoms with Gasteiger partial charge in [0.1, 0.15) is 0 Å². The molecule has 1 nitrogen and oxygen atoms in total. The summed E-state index contributed by atoms with van der Waals surface area (Å²) in [5.74, 6) is 0. The molecule has 0 N–H and O–H groups in total. The van der Waals surface area contributed by atoms with Crippen LogP contribution in [0.25, 0.3) is 0 Å². The third-order valence-electron chi connectivity index (χ3n) is 2.26. The van der Waals surface area contributed by atoms with Crippen molar-refractivity contribution in [2.24, 2.45) is 0 Å². The molecule has 1 saturated heterocycles. The molecule has 0 saturated carbocycles. The zero-order valence-electron chi connectivity index (χ0n) is 7.53. The van der Waals surface area contributed by atoms with Crippen LogP contribution in [0.1, 0.15) is 0 Å². The summed E-state index contributed by atoms with van der Waals surface area (Å²) in [6.07, 6.45) is 1.12. The summed E-state index contributed by atoms with van der Waals surface area (Å²) < 4.78 is 5.88. The van der Waals surface area contributed by atoms with Gasteiger partial charge in [0, 0.05) is 6.23 Å². The van der Waals surface area contributed by atoms with Gasteiger partial charge in [-0.15, -0.1) is 0 Å². The molecule has 1 aliphatic rings. The van der Waals surface area contributed by atoms with E-state index in [-0.39, 0.29) is 0 Å². The molecule has 1 aliphatic heterocycles. The summed E-state index contributed by atoms with van der Waals surface area (Å²) in [6, 6.07) is 2.89. The van der Waals surface area contributed by atoms with E-state index in [9.17, 15) is 0 Å². The maximum Gasteiger partial charge on any atom is 0.185 e. The molecule has 1 fully saturated rings. The molecule has 0 radical (unpaired) electrons. The van der Waals surface area contributed by atoms with E-state index in [4.69, 9.17) is 4.43 Å². The van der Waals surface area contributed by atoms with Gasteiger partial charge in [-0.2, -0.15) is 0 Å². The van der Waals surface area contributed by atoms with Gasteiger partial charge in [-0.1, -0.05) is 19.1 Å². The largest absolute Gasteiger partial charge is 0.421 e. The fourth-order valence-electron chi connectivity index (χ4n) is 1.17. The number of rotatable bonds is 0. The Balaban J connectivity index is 2.46. The zero-order chi connectivity index (χ0) is 7.83. The first-order valence-electron chi connectivity index (χ1n) is 4.05. The highest BCUT2D eigenvalue weighted by atomic mass is 28.4. The molecule has 0 unspecified atom stereocenters. The summed E-state index contributed by atoms with van der Waals surface area (Å²) in [6.45, 7) is 9.51. The van der Waals surface area contributed by atoms with Gasteiger partial charge in [-0.05, 0) is 19.1 Å². The summed E-state index contributed by atoms with van der Waals surface area (Å²) in [5.41, 5.74) is 0. The van der Waals surface area contributed by atoms with E-state index in [0.717, 1.165) is 6.23 Å². The fraction of sp³-hybridized carbons (Fsp3) is 1.00. The average Bonchev–Trinajstić information content (AvgIpc) is 1.79. The lowest BCUT2D eigenvalue weighted by molar-refractivity contribution is 0.357. The van der Waals surface area contributed by atoms with Crippen molar-refractivity contribution in [2.75, 3.05) is 6.23 Å². The second-order valence-corrected chi connectivity index (χ2v) is 14.1. The Bertz CT molecular complexity index is 104. The summed E-state index contributed by atoms with van der Waals surface area (Å²) in [4.78, 5) is 0. The standard InChI is InChI=1S/C7H18OSi2/c1-9(2)5-6-10(3,4)8-7-9/h5-7H2,1-4H3. The van der Waals surface area contributed by atoms with E-state index in [1.165, 1.54) is 12.1 Å². The lowest BCUT2D eigenvalue weighted by Gasteiger charge is -2.36. The van der Waals surface area contributed by atoms with Crippen molar-refractivity contribution < 1.29 is 4.43 Å². The molecule has 0 atom stereocenters. The normalized spacial score (nSPS) is 30.0. The highest BCUT2D eigenvalue weighted by Crippen LogP contribution is 2.27. The maximum atomic E-state index is 5.88. The molecule has 0 aromatic carbocycles. The lowest BCUT2D eigenvalue weighted by Crippen LogP contribution is -2.47. The topological polar surface area (TPSA) is 9.23 Å². The van der Waals surface area contributed by atoms with Crippen LogP contribution in [0, 0.1) is 0 Å². The number of hydrogen-bond donors (Lipinski definition) is 0. The quantitative estimate of drug-likeness (QED) is 0.513. The molecule has 0 aliphatic carbocycles.